The van der Waals surface area contributed by atoms with Crippen molar-refractivity contribution in [1.29, 1.82) is 0 Å². The second-order valence-corrected chi connectivity index (χ2v) is 34.2. The van der Waals surface area contributed by atoms with E-state index in [0.717, 1.165) is 50.2 Å². The minimum Gasteiger partial charge on any atom is -0.458 e. The van der Waals surface area contributed by atoms with Crippen LogP contribution in [0.2, 0.25) is 0 Å². The number of aromatic nitrogens is 5. The summed E-state index contributed by atoms with van der Waals surface area (Å²) in [6.07, 6.45) is 2.74. The lowest BCUT2D eigenvalue weighted by Gasteiger charge is -2.24. The number of ether oxygens (including phenoxy) is 8. The number of benzene rings is 8. The highest BCUT2D eigenvalue weighted by molar-refractivity contribution is 5.85. The number of alkyl carbamates (subject to hydrolysis) is 4. The molecule has 12 aromatic rings. The summed E-state index contributed by atoms with van der Waals surface area (Å²) in [5, 5.41) is 27.7. The number of nitro groups is 1. The number of fused-ring (bicyclic) bond motifs is 1. The van der Waals surface area contributed by atoms with Gasteiger partial charge in [-0.15, -0.1) is 0 Å². The first-order valence-corrected chi connectivity index (χ1v) is 42.5. The van der Waals surface area contributed by atoms with Gasteiger partial charge in [0.25, 0.3) is 0 Å². The van der Waals surface area contributed by atoms with Crippen LogP contribution in [0, 0.1) is 10.1 Å². The number of carbonyl (C=O) groups is 8. The minimum absolute atomic E-state index is 0.0632. The Morgan fingerprint density at radius 1 is 0.368 bits per heavy atom. The van der Waals surface area contributed by atoms with Crippen molar-refractivity contribution in [2.75, 3.05) is 22.1 Å². The molecule has 8 aromatic carbocycles. The fourth-order valence-electron chi connectivity index (χ4n) is 12.3. The number of nitrogens with one attached hydrogen (secondary N) is 7. The van der Waals surface area contributed by atoms with E-state index in [2.05, 4.69) is 51.8 Å². The maximum atomic E-state index is 12.9. The number of hydrogen-bond acceptors (Lipinski definition) is 26. The number of carbonyl (C=O) groups excluding carboxylic acids is 8. The minimum atomic E-state index is -0.983. The summed E-state index contributed by atoms with van der Waals surface area (Å²) in [5.74, 6) is -1.54. The van der Waals surface area contributed by atoms with Crippen LogP contribution in [0.5, 0.6) is 0 Å². The Morgan fingerprint density at radius 2 is 0.662 bits per heavy atom. The predicted molar refractivity (Wildman–Crippen MR) is 504 cm³/mol. The zero-order valence-electron chi connectivity index (χ0n) is 76.1. The van der Waals surface area contributed by atoms with Crippen molar-refractivity contribution in [3.8, 4) is 5.69 Å². The Hall–Kier alpha value is -16.0. The molecule has 4 heterocycles. The molecule has 0 aliphatic carbocycles. The molecule has 0 bridgehead atoms. The molecule has 4 atom stereocenters. The molecule has 33 nitrogen and oxygen atoms in total. The average molecular weight is 1810 g/mol. The van der Waals surface area contributed by atoms with Crippen LogP contribution in [-0.4, -0.2) is 124 Å². The summed E-state index contributed by atoms with van der Waals surface area (Å²) in [4.78, 5) is 139. The predicted octanol–water partition coefficient (Wildman–Crippen LogP) is 16.8. The first-order chi connectivity index (χ1) is 63.2. The van der Waals surface area contributed by atoms with Crippen molar-refractivity contribution < 1.29 is 81.2 Å². The van der Waals surface area contributed by atoms with E-state index >= 15 is 0 Å². The van der Waals surface area contributed by atoms with Crippen LogP contribution in [-0.2, 0) is 109 Å². The second-order valence-electron chi connectivity index (χ2n) is 34.2. The van der Waals surface area contributed by atoms with E-state index in [1.807, 2.05) is 158 Å². The largest absolute Gasteiger partial charge is 0.458 e. The molecule has 33 heteroatoms. The maximum Gasteiger partial charge on any atom is 0.408 e. The van der Waals surface area contributed by atoms with Gasteiger partial charge in [-0.3, -0.25) is 10.1 Å². The van der Waals surface area contributed by atoms with Gasteiger partial charge in [-0.2, -0.15) is 0 Å². The normalized spacial score (nSPS) is 12.0. The third kappa shape index (κ3) is 35.9. The number of nitrogen functional groups attached to an aromatic ring is 2. The lowest BCUT2D eigenvalue weighted by Crippen LogP contribution is -2.45. The molecular formula is C100H112N14O19. The van der Waals surface area contributed by atoms with Gasteiger partial charge in [0.1, 0.15) is 73.0 Å². The Bertz CT molecular complexity index is 5870. The molecule has 4 aromatic heterocycles. The number of H-pyrrole nitrogens is 1. The Kier molecular flexibility index (Phi) is 36.7. The van der Waals surface area contributed by atoms with Crippen LogP contribution in [0.1, 0.15) is 128 Å². The second kappa shape index (κ2) is 48.4. The molecule has 696 valence electrons. The van der Waals surface area contributed by atoms with Gasteiger partial charge in [0.05, 0.1) is 21.8 Å². The summed E-state index contributed by atoms with van der Waals surface area (Å²) >= 11 is 0. The summed E-state index contributed by atoms with van der Waals surface area (Å²) in [7, 11) is 0. The van der Waals surface area contributed by atoms with Gasteiger partial charge < -0.3 is 86.2 Å². The molecule has 0 spiro atoms. The van der Waals surface area contributed by atoms with E-state index in [4.69, 9.17) is 49.4 Å². The van der Waals surface area contributed by atoms with E-state index in [1.54, 1.807) is 180 Å². The van der Waals surface area contributed by atoms with Gasteiger partial charge in [-0.25, -0.2) is 62.7 Å². The third-order valence-corrected chi connectivity index (χ3v) is 18.4. The number of esters is 4. The molecule has 0 unspecified atom stereocenters. The molecular weight excluding hydrogens is 1700 g/mol. The Labute approximate surface area is 770 Å². The zero-order chi connectivity index (χ0) is 96.3. The topological polar surface area (TPSA) is 454 Å². The van der Waals surface area contributed by atoms with E-state index in [9.17, 15) is 53.3 Å². The number of nitrogens with zero attached hydrogens (tertiary/aromatic N) is 5. The Balaban J connectivity index is 0.000000200. The number of anilines is 6. The van der Waals surface area contributed by atoms with E-state index < -0.39 is 99.7 Å². The maximum absolute atomic E-state index is 12.9. The number of amides is 4. The summed E-state index contributed by atoms with van der Waals surface area (Å²) in [6.45, 7) is 21.5. The van der Waals surface area contributed by atoms with Gasteiger partial charge in [0.2, 0.25) is 5.82 Å². The number of imidazole rings is 1. The fourth-order valence-corrected chi connectivity index (χ4v) is 12.3. The fraction of sp³-hybridized carbons (Fsp3) is 0.280. The molecule has 0 aliphatic rings. The van der Waals surface area contributed by atoms with Gasteiger partial charge in [0, 0.05) is 67.4 Å². The lowest BCUT2D eigenvalue weighted by molar-refractivity contribution is -0.384. The van der Waals surface area contributed by atoms with Crippen LogP contribution in [0.4, 0.5) is 59.3 Å². The molecule has 12 rings (SSSR count). The smallest absolute Gasteiger partial charge is 0.408 e. The van der Waals surface area contributed by atoms with Crippen LogP contribution in [0.15, 0.2) is 278 Å². The highest BCUT2D eigenvalue weighted by Crippen LogP contribution is 2.28. The number of nitrogens with two attached hydrogens (primary N) is 2. The Morgan fingerprint density at radius 3 is 0.985 bits per heavy atom. The zero-order valence-corrected chi connectivity index (χ0v) is 76.1. The highest BCUT2D eigenvalue weighted by atomic mass is 16.6. The van der Waals surface area contributed by atoms with Crippen LogP contribution < -0.4 is 49.1 Å². The standard InChI is InChI=1S/C27H28N4O5.C26H28N4O6.C26H30N4O4.C21H26N2O4/c1-27(2,3)36-24(32)22(30-26(34)35-17-19-8-5-4-6-9-19)16-18-11-13-20(14-12-18)31-23-21(29-25(31)33)10-7-15-28-23;1-26(2,3)36-24(31)21(29-25(32)35-17-19-8-5-4-6-9-19)16-18-11-13-20(14-12-18)28-23-22(30(33)34)10-7-15-27-23;1-26(2,3)34-24(31)22(30-25(32)33-17-19-8-5-4-6-9-19)16-18-11-13-20(14-12-18)29-23-21(27)10-7-15-28-23;1-21(2,3)27-19(24)18(13-15-9-11-17(22)12-10-15)23-20(25)26-14-16-7-5-4-6-8-16/h4-15,22H,16-17H2,1-3H3,(H,29,33)(H,30,34);4-15,21H,16-17H2,1-3H3,(H,27,28)(H,29,32);4-15,22H,16-17,27H2,1-3H3,(H,28,29)(H,30,32);4-12,18H,13-14,22H2,1-3H3,(H,23,25)/t22-;21-;22-;18-/m1111/s1. The van der Waals surface area contributed by atoms with Crippen molar-refractivity contribution in [1.82, 2.24) is 45.8 Å². The van der Waals surface area contributed by atoms with Crippen LogP contribution in [0.25, 0.3) is 16.9 Å². The molecule has 11 N–H and O–H groups in total. The van der Waals surface area contributed by atoms with E-state index in [0.29, 0.717) is 39.7 Å². The number of rotatable bonds is 30. The third-order valence-electron chi connectivity index (χ3n) is 18.4. The van der Waals surface area contributed by atoms with Gasteiger partial charge >= 0.3 is 59.6 Å². The van der Waals surface area contributed by atoms with Crippen molar-refractivity contribution >= 4 is 99.5 Å². The van der Waals surface area contributed by atoms with Crippen LogP contribution in [0.3, 0.4) is 0 Å². The van der Waals surface area contributed by atoms with Crippen LogP contribution >= 0.6 is 0 Å². The first-order valence-electron chi connectivity index (χ1n) is 42.5. The monoisotopic (exact) mass is 1810 g/mol. The molecule has 133 heavy (non-hydrogen) atoms. The number of aromatic amines is 1. The molecule has 0 saturated carbocycles. The van der Waals surface area contributed by atoms with Gasteiger partial charge in [-0.1, -0.05) is 170 Å². The first kappa shape index (κ1) is 101. The molecule has 0 fully saturated rings. The van der Waals surface area contributed by atoms with E-state index in [1.165, 1.54) is 22.9 Å². The quantitative estimate of drug-likeness (QED) is 0.00664. The van der Waals surface area contributed by atoms with Crippen molar-refractivity contribution in [3.63, 3.8) is 0 Å². The molecule has 0 aliphatic heterocycles. The molecule has 0 radical (unpaired) electrons. The number of pyridine rings is 3. The molecule has 4 amide bonds. The van der Waals surface area contributed by atoms with Crippen molar-refractivity contribution in [3.05, 3.63) is 338 Å². The number of hydrogen-bond donors (Lipinski definition) is 9. The summed E-state index contributed by atoms with van der Waals surface area (Å²) < 4.78 is 44.5. The van der Waals surface area contributed by atoms with Crippen molar-refractivity contribution in [2.45, 2.75) is 182 Å². The lowest BCUT2D eigenvalue weighted by atomic mass is 10.0. The van der Waals surface area contributed by atoms with Crippen molar-refractivity contribution in [2.24, 2.45) is 0 Å². The van der Waals surface area contributed by atoms with Gasteiger partial charge in [0.15, 0.2) is 11.5 Å². The summed E-state index contributed by atoms with van der Waals surface area (Å²) in [5.41, 5.74) is 19.2. The van der Waals surface area contributed by atoms with E-state index in [-0.39, 0.29) is 69.3 Å². The summed E-state index contributed by atoms with van der Waals surface area (Å²) in [6, 6.07) is 71.8. The average Bonchev–Trinajstić information content (AvgIpc) is 1.64. The molecule has 0 saturated heterocycles. The SMILES string of the molecule is CC(C)(C)OC(=O)[C@@H](Cc1ccc(-n2c(=O)[nH]c3cccnc32)cc1)NC(=O)OCc1ccccc1.CC(C)(C)OC(=O)[C@@H](Cc1ccc(N)cc1)NC(=O)OCc1ccccc1.CC(C)(C)OC(=O)[C@@H](Cc1ccc(Nc2ncccc2N)cc1)NC(=O)OCc1ccccc1.CC(C)(C)OC(=O)[C@@H](Cc1ccc(Nc2ncccc2[N+](=O)[O-])cc1)NC(=O)OCc1ccccc1. The van der Waals surface area contributed by atoms with Gasteiger partial charge in [-0.05, 0) is 206 Å². The highest BCUT2D eigenvalue weighted by Gasteiger charge is 2.33.